The van der Waals surface area contributed by atoms with E-state index in [1.165, 1.54) is 34.0 Å². The van der Waals surface area contributed by atoms with Crippen LogP contribution in [0.1, 0.15) is 10.5 Å². The minimum atomic E-state index is -4.88. The van der Waals surface area contributed by atoms with E-state index in [1.807, 2.05) is 0 Å². The van der Waals surface area contributed by atoms with Crippen molar-refractivity contribution in [2.45, 2.75) is 6.36 Å². The van der Waals surface area contributed by atoms with Gasteiger partial charge in [0.15, 0.2) is 5.69 Å². The second kappa shape index (κ2) is 8.43. The van der Waals surface area contributed by atoms with Crippen molar-refractivity contribution < 1.29 is 27.5 Å². The van der Waals surface area contributed by atoms with E-state index in [1.54, 1.807) is 12.1 Å². The summed E-state index contributed by atoms with van der Waals surface area (Å²) in [6.07, 6.45) is -3.46. The summed E-state index contributed by atoms with van der Waals surface area (Å²) < 4.78 is 44.0. The Hall–Kier alpha value is -3.12. The molecule has 3 aromatic rings. The summed E-state index contributed by atoms with van der Waals surface area (Å²) in [5.41, 5.74) is 0.992. The second-order valence-electron chi connectivity index (χ2n) is 6.65. The third kappa shape index (κ3) is 4.86. The fourth-order valence-electron chi connectivity index (χ4n) is 3.09. The molecule has 0 saturated carbocycles. The Labute approximate surface area is 192 Å². The van der Waals surface area contributed by atoms with Crippen molar-refractivity contribution in [3.8, 4) is 22.7 Å². The summed E-state index contributed by atoms with van der Waals surface area (Å²) in [7, 11) is 0. The Morgan fingerprint density at radius 3 is 2.66 bits per heavy atom. The van der Waals surface area contributed by atoms with Crippen molar-refractivity contribution in [1.82, 2.24) is 25.0 Å². The van der Waals surface area contributed by atoms with E-state index in [0.717, 1.165) is 6.07 Å². The number of halogens is 5. The van der Waals surface area contributed by atoms with Gasteiger partial charge in [0, 0.05) is 22.3 Å². The van der Waals surface area contributed by atoms with Crippen molar-refractivity contribution >= 4 is 39.3 Å². The van der Waals surface area contributed by atoms with Crippen LogP contribution in [0.5, 0.6) is 5.75 Å². The number of aromatic nitrogens is 3. The number of amides is 2. The monoisotopic (exact) mass is 529 g/mol. The SMILES string of the molecule is O=C1CN(C(=O)c2cc(-c3cc(Br)cc(OC(F)(F)F)c3)n(-c3ccnc(Cl)c3)n2)CN1. The van der Waals surface area contributed by atoms with E-state index >= 15 is 0 Å². The van der Waals surface area contributed by atoms with Gasteiger partial charge in [0.25, 0.3) is 5.91 Å². The van der Waals surface area contributed by atoms with Crippen molar-refractivity contribution in [1.29, 1.82) is 0 Å². The number of pyridine rings is 1. The van der Waals surface area contributed by atoms with Gasteiger partial charge in [0.2, 0.25) is 5.91 Å². The predicted octanol–water partition coefficient (Wildman–Crippen LogP) is 3.78. The van der Waals surface area contributed by atoms with Crippen LogP contribution >= 0.6 is 27.5 Å². The highest BCUT2D eigenvalue weighted by atomic mass is 79.9. The quantitative estimate of drug-likeness (QED) is 0.519. The van der Waals surface area contributed by atoms with Gasteiger partial charge in [-0.15, -0.1) is 13.2 Å². The fraction of sp³-hybridized carbons (Fsp3) is 0.158. The lowest BCUT2D eigenvalue weighted by molar-refractivity contribution is -0.274. The molecule has 1 saturated heterocycles. The number of nitrogens with zero attached hydrogens (tertiary/aromatic N) is 4. The summed E-state index contributed by atoms with van der Waals surface area (Å²) in [4.78, 5) is 29.5. The van der Waals surface area contributed by atoms with Crippen LogP contribution in [0.4, 0.5) is 13.2 Å². The first kappa shape index (κ1) is 22.1. The minimum Gasteiger partial charge on any atom is -0.406 e. The molecule has 166 valence electrons. The molecule has 1 N–H and O–H groups in total. The molecule has 3 heterocycles. The lowest BCUT2D eigenvalue weighted by Crippen LogP contribution is -2.30. The first-order valence-electron chi connectivity index (χ1n) is 8.94. The Morgan fingerprint density at radius 2 is 2.00 bits per heavy atom. The van der Waals surface area contributed by atoms with Crippen molar-refractivity contribution in [3.63, 3.8) is 0 Å². The highest BCUT2D eigenvalue weighted by molar-refractivity contribution is 9.10. The molecule has 0 radical (unpaired) electrons. The third-order valence-electron chi connectivity index (χ3n) is 4.37. The maximum Gasteiger partial charge on any atom is 0.573 e. The van der Waals surface area contributed by atoms with Gasteiger partial charge in [-0.3, -0.25) is 9.59 Å². The van der Waals surface area contributed by atoms with Gasteiger partial charge in [-0.25, -0.2) is 9.67 Å². The number of hydrogen-bond acceptors (Lipinski definition) is 5. The first-order valence-corrected chi connectivity index (χ1v) is 10.1. The summed E-state index contributed by atoms with van der Waals surface area (Å²) in [5.74, 6) is -1.28. The molecule has 2 aromatic heterocycles. The number of nitrogens with one attached hydrogen (secondary N) is 1. The summed E-state index contributed by atoms with van der Waals surface area (Å²) in [6, 6.07) is 8.35. The molecule has 8 nitrogen and oxygen atoms in total. The smallest absolute Gasteiger partial charge is 0.406 e. The first-order chi connectivity index (χ1) is 15.1. The molecule has 1 aromatic carbocycles. The maximum absolute atomic E-state index is 12.8. The zero-order valence-corrected chi connectivity index (χ0v) is 18.2. The van der Waals surface area contributed by atoms with Gasteiger partial charge in [0.05, 0.1) is 18.1 Å². The molecule has 0 spiro atoms. The Kier molecular flexibility index (Phi) is 5.82. The molecule has 0 atom stereocenters. The average Bonchev–Trinajstić information content (AvgIpc) is 3.32. The van der Waals surface area contributed by atoms with E-state index in [2.05, 4.69) is 36.1 Å². The molecule has 13 heteroatoms. The predicted molar refractivity (Wildman–Crippen MR) is 110 cm³/mol. The number of hydrogen-bond donors (Lipinski definition) is 1. The summed E-state index contributed by atoms with van der Waals surface area (Å²) >= 11 is 9.16. The van der Waals surface area contributed by atoms with E-state index < -0.39 is 18.0 Å². The van der Waals surface area contributed by atoms with Crippen molar-refractivity contribution in [3.05, 3.63) is 57.9 Å². The summed E-state index contributed by atoms with van der Waals surface area (Å²) in [6.45, 7) is -0.0933. The van der Waals surface area contributed by atoms with Crippen LogP contribution in [0.15, 0.2) is 47.1 Å². The zero-order valence-electron chi connectivity index (χ0n) is 15.9. The second-order valence-corrected chi connectivity index (χ2v) is 7.95. The van der Waals surface area contributed by atoms with Crippen molar-refractivity contribution in [2.75, 3.05) is 13.2 Å². The van der Waals surface area contributed by atoms with Crippen LogP contribution < -0.4 is 10.1 Å². The van der Waals surface area contributed by atoms with Gasteiger partial charge in [-0.1, -0.05) is 27.5 Å². The largest absolute Gasteiger partial charge is 0.573 e. The zero-order chi connectivity index (χ0) is 23.0. The van der Waals surface area contributed by atoms with E-state index in [-0.39, 0.29) is 35.5 Å². The number of benzene rings is 1. The number of rotatable bonds is 4. The Morgan fingerprint density at radius 1 is 1.22 bits per heavy atom. The normalized spacial score (nSPS) is 13.9. The molecule has 1 aliphatic rings. The van der Waals surface area contributed by atoms with Gasteiger partial charge in [-0.05, 0) is 30.3 Å². The highest BCUT2D eigenvalue weighted by Gasteiger charge is 2.32. The van der Waals surface area contributed by atoms with Crippen molar-refractivity contribution in [2.24, 2.45) is 0 Å². The minimum absolute atomic E-state index is 0.0114. The molecule has 4 rings (SSSR count). The molecule has 32 heavy (non-hydrogen) atoms. The molecular formula is C19H12BrClF3N5O3. The van der Waals surface area contributed by atoms with Gasteiger partial charge >= 0.3 is 6.36 Å². The van der Waals surface area contributed by atoms with Gasteiger partial charge in [-0.2, -0.15) is 5.10 Å². The molecule has 1 aliphatic heterocycles. The summed E-state index contributed by atoms with van der Waals surface area (Å²) in [5, 5.41) is 7.00. The fourth-order valence-corrected chi connectivity index (χ4v) is 3.73. The number of alkyl halides is 3. The molecule has 0 unspecified atom stereocenters. The van der Waals surface area contributed by atoms with Crippen LogP contribution in [-0.2, 0) is 4.79 Å². The molecular weight excluding hydrogens is 519 g/mol. The van der Waals surface area contributed by atoms with Gasteiger partial charge < -0.3 is 15.0 Å². The number of carbonyl (C=O) groups excluding carboxylic acids is 2. The van der Waals surface area contributed by atoms with Crippen LogP contribution in [0.2, 0.25) is 5.15 Å². The van der Waals surface area contributed by atoms with Crippen LogP contribution in [-0.4, -0.2) is 51.1 Å². The molecule has 2 amide bonds. The van der Waals surface area contributed by atoms with E-state index in [9.17, 15) is 22.8 Å². The third-order valence-corrected chi connectivity index (χ3v) is 5.04. The molecule has 0 bridgehead atoms. The Bertz CT molecular complexity index is 1220. The Balaban J connectivity index is 1.82. The van der Waals surface area contributed by atoms with Crippen LogP contribution in [0.25, 0.3) is 16.9 Å². The lowest BCUT2D eigenvalue weighted by atomic mass is 10.1. The van der Waals surface area contributed by atoms with Crippen LogP contribution in [0, 0.1) is 0 Å². The lowest BCUT2D eigenvalue weighted by Gasteiger charge is -2.12. The van der Waals surface area contributed by atoms with E-state index in [4.69, 9.17) is 11.6 Å². The standard InChI is InChI=1S/C19H12BrClF3N5O3/c20-11-3-10(4-13(5-11)32-19(22,23)24)15-7-14(18(31)28-8-17(30)26-9-28)27-29(15)12-1-2-25-16(21)6-12/h1-7H,8-9H2,(H,26,30). The molecule has 1 fully saturated rings. The molecule has 0 aliphatic carbocycles. The highest BCUT2D eigenvalue weighted by Crippen LogP contribution is 2.33. The van der Waals surface area contributed by atoms with Gasteiger partial charge in [0.1, 0.15) is 17.4 Å². The number of ether oxygens (including phenoxy) is 1. The average molecular weight is 531 g/mol. The topological polar surface area (TPSA) is 89.4 Å². The number of carbonyl (C=O) groups is 2. The van der Waals surface area contributed by atoms with E-state index in [0.29, 0.717) is 15.9 Å². The maximum atomic E-state index is 12.8. The van der Waals surface area contributed by atoms with Crippen LogP contribution in [0.3, 0.4) is 0 Å².